The average molecular weight is 374 g/mol. The van der Waals surface area contributed by atoms with Crippen molar-refractivity contribution < 1.29 is 0 Å². The second-order valence-corrected chi connectivity index (χ2v) is 6.95. The molecule has 0 aliphatic heterocycles. The molecule has 0 aliphatic rings. The summed E-state index contributed by atoms with van der Waals surface area (Å²) in [6.07, 6.45) is 2.17. The van der Waals surface area contributed by atoms with Crippen LogP contribution in [0.25, 0.3) is 15.9 Å². The Morgan fingerprint density at radius 2 is 2.08 bits per heavy atom. The molecule has 0 aliphatic carbocycles. The lowest BCUT2D eigenvalue weighted by molar-refractivity contribution is 0.723. The van der Waals surface area contributed by atoms with Crippen LogP contribution in [-0.4, -0.2) is 24.1 Å². The van der Waals surface area contributed by atoms with Gasteiger partial charge in [-0.25, -0.2) is 9.97 Å². The van der Waals surface area contributed by atoms with Crippen LogP contribution in [0.4, 0.5) is 0 Å². The van der Waals surface area contributed by atoms with Gasteiger partial charge in [-0.3, -0.25) is 14.2 Å². The van der Waals surface area contributed by atoms with E-state index in [0.29, 0.717) is 26.6 Å². The van der Waals surface area contributed by atoms with E-state index in [1.165, 1.54) is 32.8 Å². The van der Waals surface area contributed by atoms with Crippen LogP contribution in [0, 0.1) is 0 Å². The summed E-state index contributed by atoms with van der Waals surface area (Å²) >= 11 is 7.29. The molecule has 0 amide bonds. The molecule has 3 aromatic heterocycles. The topological polar surface area (TPSA) is 82.2 Å². The van der Waals surface area contributed by atoms with Gasteiger partial charge in [-0.1, -0.05) is 29.9 Å². The number of nitrogens with zero attached hydrogens (tertiary/aromatic N) is 5. The van der Waals surface area contributed by atoms with Gasteiger partial charge < -0.3 is 0 Å². The Morgan fingerprint density at radius 1 is 1.24 bits per heavy atom. The first-order valence-corrected chi connectivity index (χ1v) is 8.78. The maximum absolute atomic E-state index is 12.6. The summed E-state index contributed by atoms with van der Waals surface area (Å²) in [7, 11) is 0. The van der Waals surface area contributed by atoms with E-state index in [0.717, 1.165) is 11.4 Å². The second-order valence-electron chi connectivity index (χ2n) is 5.47. The highest BCUT2D eigenvalue weighted by Crippen LogP contribution is 2.15. The minimum Gasteiger partial charge on any atom is -0.293 e. The van der Waals surface area contributed by atoms with E-state index >= 15 is 0 Å². The first kappa shape index (κ1) is 15.9. The van der Waals surface area contributed by atoms with E-state index in [1.54, 1.807) is 18.2 Å². The number of aromatic nitrogens is 5. The molecule has 4 rings (SSSR count). The molecule has 0 atom stereocenters. The molecule has 0 saturated heterocycles. The summed E-state index contributed by atoms with van der Waals surface area (Å²) in [5, 5.41) is 6.04. The number of hydrogen-bond donors (Lipinski definition) is 0. The highest BCUT2D eigenvalue weighted by Gasteiger charge is 2.10. The van der Waals surface area contributed by atoms with Crippen LogP contribution in [-0.2, 0) is 13.0 Å². The standard InChI is InChI=1S/C16H12ClN5O2S/c1-2-13-20-22-14(23)6-10(19-16(22)25-13)7-21-8-18-12-5-9(17)3-4-11(12)15(21)24/h3-6,8H,2,7H2,1H3. The first-order chi connectivity index (χ1) is 12.0. The molecule has 126 valence electrons. The summed E-state index contributed by atoms with van der Waals surface area (Å²) in [5.74, 6) is 0. The quantitative estimate of drug-likeness (QED) is 0.549. The Bertz CT molecular complexity index is 1230. The van der Waals surface area contributed by atoms with Crippen LogP contribution >= 0.6 is 22.9 Å². The van der Waals surface area contributed by atoms with Gasteiger partial charge in [0.1, 0.15) is 5.01 Å². The molecule has 0 saturated carbocycles. The fourth-order valence-electron chi connectivity index (χ4n) is 2.54. The fourth-order valence-corrected chi connectivity index (χ4v) is 3.56. The van der Waals surface area contributed by atoms with Crippen LogP contribution in [0.5, 0.6) is 0 Å². The number of hydrogen-bond acceptors (Lipinski definition) is 6. The molecule has 0 spiro atoms. The Morgan fingerprint density at radius 3 is 2.88 bits per heavy atom. The van der Waals surface area contributed by atoms with E-state index in [9.17, 15) is 9.59 Å². The lowest BCUT2D eigenvalue weighted by Gasteiger charge is -2.06. The Hall–Kier alpha value is -2.58. The van der Waals surface area contributed by atoms with E-state index in [2.05, 4.69) is 15.1 Å². The molecule has 0 radical (unpaired) electrons. The third kappa shape index (κ3) is 2.83. The molecule has 1 aromatic carbocycles. The van der Waals surface area contributed by atoms with Crippen LogP contribution in [0.1, 0.15) is 17.6 Å². The minimum atomic E-state index is -0.260. The van der Waals surface area contributed by atoms with Crippen molar-refractivity contribution in [3.8, 4) is 0 Å². The van der Waals surface area contributed by atoms with E-state index in [1.807, 2.05) is 6.92 Å². The first-order valence-electron chi connectivity index (χ1n) is 7.58. The van der Waals surface area contributed by atoms with Gasteiger partial charge in [0.05, 0.1) is 29.5 Å². The van der Waals surface area contributed by atoms with Crippen molar-refractivity contribution in [1.29, 1.82) is 0 Å². The van der Waals surface area contributed by atoms with Crippen LogP contribution < -0.4 is 11.1 Å². The highest BCUT2D eigenvalue weighted by molar-refractivity contribution is 7.16. The molecule has 0 N–H and O–H groups in total. The zero-order valence-electron chi connectivity index (χ0n) is 13.1. The molecule has 7 nitrogen and oxygen atoms in total. The lowest BCUT2D eigenvalue weighted by Crippen LogP contribution is -2.23. The van der Waals surface area contributed by atoms with E-state index in [-0.39, 0.29) is 17.7 Å². The summed E-state index contributed by atoms with van der Waals surface area (Å²) in [6.45, 7) is 2.13. The van der Waals surface area contributed by atoms with Crippen molar-refractivity contribution in [3.05, 3.63) is 67.0 Å². The Balaban J connectivity index is 1.79. The van der Waals surface area contributed by atoms with Gasteiger partial charge in [0, 0.05) is 11.1 Å². The number of halogens is 1. The van der Waals surface area contributed by atoms with Gasteiger partial charge in [0.15, 0.2) is 0 Å². The molecule has 3 heterocycles. The van der Waals surface area contributed by atoms with E-state index < -0.39 is 0 Å². The number of benzene rings is 1. The monoisotopic (exact) mass is 373 g/mol. The van der Waals surface area contributed by atoms with Crippen LogP contribution in [0.15, 0.2) is 40.2 Å². The molecule has 4 aromatic rings. The van der Waals surface area contributed by atoms with Gasteiger partial charge >= 0.3 is 0 Å². The molecular weight excluding hydrogens is 362 g/mol. The normalized spacial score (nSPS) is 11.4. The molecular formula is C16H12ClN5O2S. The van der Waals surface area contributed by atoms with Crippen LogP contribution in [0.3, 0.4) is 0 Å². The van der Waals surface area contributed by atoms with Crippen LogP contribution in [0.2, 0.25) is 5.02 Å². The van der Waals surface area contributed by atoms with Gasteiger partial charge in [-0.05, 0) is 24.6 Å². The predicted octanol–water partition coefficient (Wildman–Crippen LogP) is 2.12. The molecule has 9 heteroatoms. The second kappa shape index (κ2) is 6.05. The smallest absolute Gasteiger partial charge is 0.275 e. The molecule has 0 fully saturated rings. The predicted molar refractivity (Wildman–Crippen MR) is 96.6 cm³/mol. The summed E-state index contributed by atoms with van der Waals surface area (Å²) in [4.78, 5) is 34.0. The Labute approximate surface area is 150 Å². The molecule has 0 unspecified atom stereocenters. The highest BCUT2D eigenvalue weighted by atomic mass is 35.5. The minimum absolute atomic E-state index is 0.162. The van der Waals surface area contributed by atoms with E-state index in [4.69, 9.17) is 11.6 Å². The third-order valence-electron chi connectivity index (χ3n) is 3.76. The van der Waals surface area contributed by atoms with Gasteiger partial charge in [0.25, 0.3) is 11.1 Å². The Kier molecular flexibility index (Phi) is 3.85. The van der Waals surface area contributed by atoms with Crippen molar-refractivity contribution in [2.45, 2.75) is 19.9 Å². The van der Waals surface area contributed by atoms with Crippen molar-refractivity contribution >= 4 is 38.8 Å². The summed E-state index contributed by atoms with van der Waals surface area (Å²) in [6, 6.07) is 6.33. The third-order valence-corrected chi connectivity index (χ3v) is 5.05. The SMILES string of the molecule is CCc1nn2c(=O)cc(Cn3cnc4cc(Cl)ccc4c3=O)nc2s1. The van der Waals surface area contributed by atoms with Gasteiger partial charge in [0.2, 0.25) is 4.96 Å². The van der Waals surface area contributed by atoms with Crippen molar-refractivity contribution in [2.75, 3.05) is 0 Å². The average Bonchev–Trinajstić information content (AvgIpc) is 3.01. The maximum Gasteiger partial charge on any atom is 0.275 e. The van der Waals surface area contributed by atoms with Crippen molar-refractivity contribution in [3.63, 3.8) is 0 Å². The fraction of sp³-hybridized carbons (Fsp3) is 0.188. The largest absolute Gasteiger partial charge is 0.293 e. The van der Waals surface area contributed by atoms with Crippen molar-refractivity contribution in [2.24, 2.45) is 0 Å². The number of aryl methyl sites for hydroxylation is 1. The van der Waals surface area contributed by atoms with Gasteiger partial charge in [-0.2, -0.15) is 9.61 Å². The zero-order chi connectivity index (χ0) is 17.6. The maximum atomic E-state index is 12.6. The molecule has 0 bridgehead atoms. The number of rotatable bonds is 3. The zero-order valence-corrected chi connectivity index (χ0v) is 14.7. The lowest BCUT2D eigenvalue weighted by atomic mass is 10.2. The van der Waals surface area contributed by atoms with Gasteiger partial charge in [-0.15, -0.1) is 0 Å². The number of fused-ring (bicyclic) bond motifs is 2. The summed E-state index contributed by atoms with van der Waals surface area (Å²) < 4.78 is 2.71. The summed E-state index contributed by atoms with van der Waals surface area (Å²) in [5.41, 5.74) is 0.563. The van der Waals surface area contributed by atoms with Crippen molar-refractivity contribution in [1.82, 2.24) is 24.1 Å². The molecule has 25 heavy (non-hydrogen) atoms.